The second-order valence-electron chi connectivity index (χ2n) is 26.4. The first kappa shape index (κ1) is 86.1. The second-order valence-corrected chi connectivity index (χ2v) is 29.3. The second kappa shape index (κ2) is 58.8. The minimum Gasteiger partial charge on any atom is -0.462 e. The van der Waals surface area contributed by atoms with Gasteiger partial charge in [-0.1, -0.05) is 287 Å². The zero-order valence-corrected chi connectivity index (χ0v) is 59.1. The third-order valence-corrected chi connectivity index (χ3v) is 18.4. The minimum atomic E-state index is -4.95. The van der Waals surface area contributed by atoms with E-state index in [4.69, 9.17) is 37.0 Å². The maximum absolute atomic E-state index is 13.0. The van der Waals surface area contributed by atoms with Crippen molar-refractivity contribution in [2.24, 2.45) is 23.7 Å². The molecule has 0 aromatic heterocycles. The number of ether oxygens (including phenoxy) is 4. The van der Waals surface area contributed by atoms with Gasteiger partial charge in [-0.3, -0.25) is 37.3 Å². The molecule has 0 radical (unpaired) electrons. The molecule has 0 aromatic rings. The highest BCUT2D eigenvalue weighted by Crippen LogP contribution is 2.45. The van der Waals surface area contributed by atoms with Crippen LogP contribution in [-0.4, -0.2) is 96.7 Å². The van der Waals surface area contributed by atoms with Gasteiger partial charge in [0.1, 0.15) is 19.3 Å². The highest BCUT2D eigenvalue weighted by atomic mass is 31.2. The topological polar surface area (TPSA) is 237 Å². The van der Waals surface area contributed by atoms with Crippen LogP contribution in [0.25, 0.3) is 0 Å². The maximum atomic E-state index is 13.0. The summed E-state index contributed by atoms with van der Waals surface area (Å²) in [6.45, 7) is 14.1. The summed E-state index contributed by atoms with van der Waals surface area (Å²) >= 11 is 0. The SMILES string of the molecule is CCC(C)CCCCCCCCCCCCC(=O)OC[C@H](COP(=O)(O)OC[C@@H](O)COP(=O)(O)OC[C@@H](COC(=O)CCCCCCCCC(C)C)OC(=O)CCCCCCCCCCC(C)C)OC(=O)CCCCCCCCCCCCC(C)CC. The summed E-state index contributed by atoms with van der Waals surface area (Å²) in [6.07, 6.45) is 40.3. The molecule has 0 saturated heterocycles. The van der Waals surface area contributed by atoms with E-state index in [1.165, 1.54) is 135 Å². The van der Waals surface area contributed by atoms with Crippen LogP contribution >= 0.6 is 15.6 Å². The number of phosphoric ester groups is 2. The van der Waals surface area contributed by atoms with E-state index >= 15 is 0 Å². The molecule has 0 spiro atoms. The molecule has 17 nitrogen and oxygen atoms in total. The van der Waals surface area contributed by atoms with Crippen molar-refractivity contribution in [3.63, 3.8) is 0 Å². The van der Waals surface area contributed by atoms with Crippen molar-refractivity contribution in [3.8, 4) is 0 Å². The third kappa shape index (κ3) is 60.3. The number of esters is 4. The normalized spacial score (nSPS) is 14.9. The van der Waals surface area contributed by atoms with E-state index in [1.54, 1.807) is 0 Å². The Bertz CT molecular complexity index is 1750. The van der Waals surface area contributed by atoms with Gasteiger partial charge in [0.05, 0.1) is 26.4 Å². The van der Waals surface area contributed by atoms with Gasteiger partial charge < -0.3 is 33.8 Å². The van der Waals surface area contributed by atoms with Crippen LogP contribution in [0.5, 0.6) is 0 Å². The largest absolute Gasteiger partial charge is 0.472 e. The van der Waals surface area contributed by atoms with Crippen molar-refractivity contribution in [2.75, 3.05) is 39.6 Å². The molecule has 4 unspecified atom stereocenters. The molecule has 0 saturated carbocycles. The molecule has 3 N–H and O–H groups in total. The molecule has 0 heterocycles. The summed E-state index contributed by atoms with van der Waals surface area (Å²) < 4.78 is 68.2. The van der Waals surface area contributed by atoms with Gasteiger partial charge in [-0.25, -0.2) is 9.13 Å². The Kier molecular flexibility index (Phi) is 57.6. The fraction of sp³-hybridized carbons (Fsp3) is 0.942. The van der Waals surface area contributed by atoms with Gasteiger partial charge in [0.2, 0.25) is 0 Å². The van der Waals surface area contributed by atoms with E-state index in [0.29, 0.717) is 31.6 Å². The van der Waals surface area contributed by atoms with Gasteiger partial charge in [0.15, 0.2) is 12.2 Å². The molecular formula is C69H134O17P2. The van der Waals surface area contributed by atoms with Gasteiger partial charge in [0, 0.05) is 25.7 Å². The highest BCUT2D eigenvalue weighted by molar-refractivity contribution is 7.47. The molecule has 0 rings (SSSR count). The summed E-state index contributed by atoms with van der Waals surface area (Å²) in [5.41, 5.74) is 0. The van der Waals surface area contributed by atoms with Crippen molar-refractivity contribution in [1.82, 2.24) is 0 Å². The van der Waals surface area contributed by atoms with Crippen molar-refractivity contribution < 1.29 is 80.2 Å². The van der Waals surface area contributed by atoms with Crippen LogP contribution in [0.1, 0.15) is 338 Å². The number of phosphoric acid groups is 2. The standard InChI is InChI=1S/C69H134O17P2/c1-9-61(7)47-39-31-22-15-11-13-17-24-33-41-49-66(71)79-55-64(85-68(73)51-43-35-25-18-14-12-16-23-32-40-48-62(8)10-2)57-83-87(75,76)81-53-63(70)54-82-88(77,78)84-58-65(56-80-67(72)50-42-34-28-27-30-38-46-60(5)6)86-69(74)52-44-36-26-20-19-21-29-37-45-59(3)4/h59-65,70H,9-58H2,1-8H3,(H,75,76)(H,77,78)/t61?,62?,63-,64-,65-/m1/s1. The van der Waals surface area contributed by atoms with Crippen molar-refractivity contribution in [3.05, 3.63) is 0 Å². The van der Waals surface area contributed by atoms with Crippen LogP contribution in [0.3, 0.4) is 0 Å². The van der Waals surface area contributed by atoms with E-state index in [0.717, 1.165) is 114 Å². The predicted octanol–water partition coefficient (Wildman–Crippen LogP) is 19.3. The molecule has 0 aliphatic heterocycles. The molecule has 0 aliphatic carbocycles. The quantitative estimate of drug-likeness (QED) is 0.0222. The maximum Gasteiger partial charge on any atom is 0.472 e. The summed E-state index contributed by atoms with van der Waals surface area (Å²) in [4.78, 5) is 72.5. The summed E-state index contributed by atoms with van der Waals surface area (Å²) in [5, 5.41) is 10.6. The Morgan fingerprint density at radius 3 is 0.807 bits per heavy atom. The van der Waals surface area contributed by atoms with Crippen molar-refractivity contribution in [2.45, 2.75) is 356 Å². The average Bonchev–Trinajstić information content (AvgIpc) is 3.70. The van der Waals surface area contributed by atoms with Crippen molar-refractivity contribution >= 4 is 39.5 Å². The molecule has 0 aromatic carbocycles. The molecule has 522 valence electrons. The predicted molar refractivity (Wildman–Crippen MR) is 354 cm³/mol. The van der Waals surface area contributed by atoms with Crippen LogP contribution in [0.2, 0.25) is 0 Å². The first-order valence-electron chi connectivity index (χ1n) is 35.8. The van der Waals surface area contributed by atoms with Gasteiger partial charge >= 0.3 is 39.5 Å². The molecule has 88 heavy (non-hydrogen) atoms. The number of carbonyl (C=O) groups excluding carboxylic acids is 4. The Morgan fingerprint density at radius 1 is 0.318 bits per heavy atom. The molecule has 0 amide bonds. The van der Waals surface area contributed by atoms with Crippen LogP contribution in [0.4, 0.5) is 0 Å². The molecule has 0 bridgehead atoms. The Morgan fingerprint density at radius 2 is 0.545 bits per heavy atom. The van der Waals surface area contributed by atoms with Crippen LogP contribution in [0, 0.1) is 23.7 Å². The van der Waals surface area contributed by atoms with Crippen LogP contribution in [-0.2, 0) is 65.4 Å². The summed E-state index contributed by atoms with van der Waals surface area (Å²) in [6, 6.07) is 0. The Hall–Kier alpha value is -1.94. The smallest absolute Gasteiger partial charge is 0.462 e. The number of carbonyl (C=O) groups is 4. The summed E-state index contributed by atoms with van der Waals surface area (Å²) in [7, 11) is -9.90. The lowest BCUT2D eigenvalue weighted by Crippen LogP contribution is -2.30. The number of aliphatic hydroxyl groups is 1. The van der Waals surface area contributed by atoms with E-state index in [2.05, 4.69) is 55.4 Å². The lowest BCUT2D eigenvalue weighted by atomic mass is 9.99. The highest BCUT2D eigenvalue weighted by Gasteiger charge is 2.30. The summed E-state index contributed by atoms with van der Waals surface area (Å²) in [5.74, 6) is 0.877. The molecule has 7 atom stereocenters. The average molecular weight is 1300 g/mol. The van der Waals surface area contributed by atoms with E-state index in [-0.39, 0.29) is 25.7 Å². The lowest BCUT2D eigenvalue weighted by Gasteiger charge is -2.21. The number of unbranched alkanes of at least 4 members (excludes halogenated alkanes) is 30. The number of hydrogen-bond donors (Lipinski definition) is 3. The van der Waals surface area contributed by atoms with Gasteiger partial charge in [-0.2, -0.15) is 0 Å². The van der Waals surface area contributed by atoms with Crippen LogP contribution < -0.4 is 0 Å². The molecule has 0 aliphatic rings. The number of hydrogen-bond acceptors (Lipinski definition) is 15. The Labute approximate surface area is 537 Å². The molecule has 0 fully saturated rings. The minimum absolute atomic E-state index is 0.103. The van der Waals surface area contributed by atoms with Gasteiger partial charge in [-0.15, -0.1) is 0 Å². The van der Waals surface area contributed by atoms with Crippen molar-refractivity contribution in [1.29, 1.82) is 0 Å². The first-order chi connectivity index (χ1) is 42.2. The molecule has 19 heteroatoms. The van der Waals surface area contributed by atoms with Gasteiger partial charge in [0.25, 0.3) is 0 Å². The fourth-order valence-corrected chi connectivity index (χ4v) is 11.8. The fourth-order valence-electron chi connectivity index (χ4n) is 10.2. The number of rotatable bonds is 66. The van der Waals surface area contributed by atoms with E-state index < -0.39 is 97.5 Å². The van der Waals surface area contributed by atoms with Crippen LogP contribution in [0.15, 0.2) is 0 Å². The van der Waals surface area contributed by atoms with Gasteiger partial charge in [-0.05, 0) is 49.4 Å². The first-order valence-corrected chi connectivity index (χ1v) is 38.8. The lowest BCUT2D eigenvalue weighted by molar-refractivity contribution is -0.161. The van der Waals surface area contributed by atoms with E-state index in [1.807, 2.05) is 0 Å². The number of aliphatic hydroxyl groups excluding tert-OH is 1. The monoisotopic (exact) mass is 1300 g/mol. The molecular weight excluding hydrogens is 1160 g/mol. The zero-order valence-electron chi connectivity index (χ0n) is 57.3. The van der Waals surface area contributed by atoms with E-state index in [9.17, 15) is 43.2 Å². The Balaban J connectivity index is 5.26. The third-order valence-electron chi connectivity index (χ3n) is 16.5. The zero-order chi connectivity index (χ0) is 65.4.